The topological polar surface area (TPSA) is 72.2 Å². The molecule has 3 aromatic rings. The van der Waals surface area contributed by atoms with Crippen molar-refractivity contribution in [2.75, 3.05) is 6.61 Å². The molecule has 1 aromatic heterocycles. The van der Waals surface area contributed by atoms with Gasteiger partial charge in [-0.3, -0.25) is 0 Å². The molecule has 2 N–H and O–H groups in total. The van der Waals surface area contributed by atoms with Crippen molar-refractivity contribution >= 4 is 11.6 Å². The summed E-state index contributed by atoms with van der Waals surface area (Å²) in [4.78, 5) is 0. The monoisotopic (exact) mass is 420 g/mol. The summed E-state index contributed by atoms with van der Waals surface area (Å²) in [5.41, 5.74) is 1.88. The van der Waals surface area contributed by atoms with E-state index < -0.39 is 11.9 Å². The summed E-state index contributed by atoms with van der Waals surface area (Å²) in [6.07, 6.45) is 0.640. The first-order valence-electron chi connectivity index (χ1n) is 9.12. The Morgan fingerprint density at radius 1 is 1.24 bits per heavy atom. The van der Waals surface area contributed by atoms with Crippen molar-refractivity contribution in [2.24, 2.45) is 0 Å². The van der Waals surface area contributed by atoms with Crippen LogP contribution >= 0.6 is 11.6 Å². The number of aliphatic hydroxyl groups excluding tert-OH is 1. The Balaban J connectivity index is 1.42. The minimum Gasteiger partial charge on any atom is -0.389 e. The van der Waals surface area contributed by atoms with E-state index in [1.807, 2.05) is 0 Å². The molecule has 0 spiro atoms. The Bertz CT molecular complexity index is 1000. The molecule has 1 fully saturated rings. The van der Waals surface area contributed by atoms with Crippen LogP contribution in [0.2, 0.25) is 5.02 Å². The van der Waals surface area contributed by atoms with Crippen LogP contribution in [0, 0.1) is 11.6 Å². The largest absolute Gasteiger partial charge is 0.389 e. The molecule has 152 valence electrons. The van der Waals surface area contributed by atoms with Gasteiger partial charge >= 0.3 is 0 Å². The zero-order valence-electron chi connectivity index (χ0n) is 15.3. The molecule has 0 radical (unpaired) electrons. The van der Waals surface area contributed by atoms with E-state index in [2.05, 4.69) is 15.6 Å². The van der Waals surface area contributed by atoms with Crippen molar-refractivity contribution in [3.05, 3.63) is 70.9 Å². The molecule has 2 aromatic carbocycles. The van der Waals surface area contributed by atoms with Crippen LogP contribution in [0.4, 0.5) is 8.78 Å². The van der Waals surface area contributed by atoms with Gasteiger partial charge in [0, 0.05) is 12.1 Å². The Labute approximate surface area is 171 Å². The fourth-order valence-corrected chi connectivity index (χ4v) is 3.47. The fourth-order valence-electron chi connectivity index (χ4n) is 3.35. The molecular weight excluding hydrogens is 402 g/mol. The van der Waals surface area contributed by atoms with E-state index in [4.69, 9.17) is 16.3 Å². The molecule has 0 bridgehead atoms. The average Bonchev–Trinajstić information content (AvgIpc) is 3.30. The lowest BCUT2D eigenvalue weighted by molar-refractivity contribution is 0.0741. The fraction of sp³-hybridized carbons (Fsp3) is 0.300. The lowest BCUT2D eigenvalue weighted by atomic mass is 10.1. The first-order valence-corrected chi connectivity index (χ1v) is 9.50. The Kier molecular flexibility index (Phi) is 5.86. The number of aromatic nitrogens is 3. The molecule has 0 unspecified atom stereocenters. The van der Waals surface area contributed by atoms with E-state index in [0.717, 1.165) is 0 Å². The van der Waals surface area contributed by atoms with Crippen molar-refractivity contribution in [3.63, 3.8) is 0 Å². The van der Waals surface area contributed by atoms with Crippen LogP contribution in [0.5, 0.6) is 0 Å². The van der Waals surface area contributed by atoms with Gasteiger partial charge in [-0.05, 0) is 29.8 Å². The van der Waals surface area contributed by atoms with Gasteiger partial charge < -0.3 is 15.2 Å². The minimum absolute atomic E-state index is 0.0659. The highest BCUT2D eigenvalue weighted by molar-refractivity contribution is 6.30. The number of aliphatic hydroxyl groups is 1. The molecule has 2 heterocycles. The SMILES string of the molecule is O[C@H]1CO[C@H](Cn2cc(-c3cccc(F)c3)nn2)[C@@H]1NCc1ccc(Cl)c(F)c1. The van der Waals surface area contributed by atoms with E-state index in [9.17, 15) is 13.9 Å². The summed E-state index contributed by atoms with van der Waals surface area (Å²) in [6.45, 7) is 0.885. The van der Waals surface area contributed by atoms with Crippen molar-refractivity contribution in [2.45, 2.75) is 31.3 Å². The first-order chi connectivity index (χ1) is 14.0. The minimum atomic E-state index is -0.705. The highest BCUT2D eigenvalue weighted by Crippen LogP contribution is 2.21. The quantitative estimate of drug-likeness (QED) is 0.641. The summed E-state index contributed by atoms with van der Waals surface area (Å²) in [5.74, 6) is -0.833. The summed E-state index contributed by atoms with van der Waals surface area (Å²) in [7, 11) is 0. The second kappa shape index (κ2) is 8.54. The van der Waals surface area contributed by atoms with Crippen molar-refractivity contribution in [3.8, 4) is 11.3 Å². The molecule has 3 atom stereocenters. The van der Waals surface area contributed by atoms with Gasteiger partial charge in [-0.15, -0.1) is 5.10 Å². The van der Waals surface area contributed by atoms with Crippen LogP contribution in [-0.4, -0.2) is 45.0 Å². The molecule has 6 nitrogen and oxygen atoms in total. The zero-order chi connectivity index (χ0) is 20.4. The number of ether oxygens (including phenoxy) is 1. The predicted molar refractivity (Wildman–Crippen MR) is 103 cm³/mol. The van der Waals surface area contributed by atoms with Gasteiger partial charge in [-0.1, -0.05) is 35.0 Å². The molecule has 1 saturated heterocycles. The highest BCUT2D eigenvalue weighted by Gasteiger charge is 2.36. The molecule has 0 amide bonds. The third kappa shape index (κ3) is 4.62. The van der Waals surface area contributed by atoms with Gasteiger partial charge in [-0.25, -0.2) is 13.5 Å². The number of hydrogen-bond donors (Lipinski definition) is 2. The molecule has 29 heavy (non-hydrogen) atoms. The van der Waals surface area contributed by atoms with Gasteiger partial charge in [0.1, 0.15) is 17.3 Å². The number of hydrogen-bond acceptors (Lipinski definition) is 5. The van der Waals surface area contributed by atoms with E-state index in [0.29, 0.717) is 29.9 Å². The van der Waals surface area contributed by atoms with Crippen LogP contribution in [0.1, 0.15) is 5.56 Å². The van der Waals surface area contributed by atoms with Crippen molar-refractivity contribution in [1.82, 2.24) is 20.3 Å². The van der Waals surface area contributed by atoms with Crippen molar-refractivity contribution < 1.29 is 18.6 Å². The maximum absolute atomic E-state index is 13.6. The molecule has 0 saturated carbocycles. The molecular formula is C20H19ClF2N4O2. The lowest BCUT2D eigenvalue weighted by Gasteiger charge is -2.21. The van der Waals surface area contributed by atoms with Crippen LogP contribution in [-0.2, 0) is 17.8 Å². The molecule has 4 rings (SSSR count). The Morgan fingerprint density at radius 2 is 2.10 bits per heavy atom. The maximum atomic E-state index is 13.6. The molecule has 9 heteroatoms. The average molecular weight is 421 g/mol. The number of rotatable bonds is 6. The summed E-state index contributed by atoms with van der Waals surface area (Å²) >= 11 is 5.71. The van der Waals surface area contributed by atoms with E-state index in [1.54, 1.807) is 29.1 Å². The third-order valence-corrected chi connectivity index (χ3v) is 5.15. The molecule has 1 aliphatic rings. The van der Waals surface area contributed by atoms with Crippen LogP contribution in [0.25, 0.3) is 11.3 Å². The van der Waals surface area contributed by atoms with Gasteiger partial charge in [0.05, 0.1) is 42.6 Å². The smallest absolute Gasteiger partial charge is 0.142 e. The standard InChI is InChI=1S/C20H19ClF2N4O2/c21-15-5-4-12(6-16(15)23)8-24-20-18(28)11-29-19(20)10-27-9-17(25-26-27)13-2-1-3-14(22)7-13/h1-7,9,18-20,24,28H,8,10-11H2/t18-,19+,20+/m0/s1. The van der Waals surface area contributed by atoms with Gasteiger partial charge in [-0.2, -0.15) is 0 Å². The summed E-state index contributed by atoms with van der Waals surface area (Å²) in [5, 5.41) is 21.7. The Morgan fingerprint density at radius 3 is 2.90 bits per heavy atom. The van der Waals surface area contributed by atoms with Gasteiger partial charge in [0.2, 0.25) is 0 Å². The van der Waals surface area contributed by atoms with Gasteiger partial charge in [0.15, 0.2) is 0 Å². The predicted octanol–water partition coefficient (Wildman–Crippen LogP) is 2.79. The summed E-state index contributed by atoms with van der Waals surface area (Å²) in [6, 6.07) is 10.3. The van der Waals surface area contributed by atoms with Crippen molar-refractivity contribution in [1.29, 1.82) is 0 Å². The lowest BCUT2D eigenvalue weighted by Crippen LogP contribution is -2.45. The number of nitrogens with zero attached hydrogens (tertiary/aromatic N) is 3. The zero-order valence-corrected chi connectivity index (χ0v) is 16.1. The van der Waals surface area contributed by atoms with Crippen LogP contribution in [0.3, 0.4) is 0 Å². The molecule has 0 aliphatic carbocycles. The summed E-state index contributed by atoms with van der Waals surface area (Å²) < 4.78 is 34.3. The normalized spacial score (nSPS) is 21.6. The first kappa shape index (κ1) is 19.9. The van der Waals surface area contributed by atoms with Crippen LogP contribution in [0.15, 0.2) is 48.7 Å². The molecule has 1 aliphatic heterocycles. The van der Waals surface area contributed by atoms with Gasteiger partial charge in [0.25, 0.3) is 0 Å². The number of benzene rings is 2. The second-order valence-corrected chi connectivity index (χ2v) is 7.34. The highest BCUT2D eigenvalue weighted by atomic mass is 35.5. The third-order valence-electron chi connectivity index (χ3n) is 4.85. The van der Waals surface area contributed by atoms with E-state index >= 15 is 0 Å². The Hall–Kier alpha value is -2.39. The second-order valence-electron chi connectivity index (χ2n) is 6.93. The number of halogens is 3. The van der Waals surface area contributed by atoms with E-state index in [1.165, 1.54) is 24.3 Å². The van der Waals surface area contributed by atoms with Crippen LogP contribution < -0.4 is 5.32 Å². The number of nitrogens with one attached hydrogen (secondary N) is 1. The maximum Gasteiger partial charge on any atom is 0.142 e. The van der Waals surface area contributed by atoms with E-state index in [-0.39, 0.29) is 29.6 Å².